The number of fused-ring (bicyclic) bond motifs is 2. The molecule has 1 aliphatic rings. The van der Waals surface area contributed by atoms with E-state index >= 15 is 0 Å². The molecule has 5 rings (SSSR count). The van der Waals surface area contributed by atoms with Crippen molar-refractivity contribution in [2.75, 3.05) is 25.0 Å². The van der Waals surface area contributed by atoms with Crippen molar-refractivity contribution >= 4 is 44.3 Å². The lowest BCUT2D eigenvalue weighted by Crippen LogP contribution is -2.25. The van der Waals surface area contributed by atoms with Crippen molar-refractivity contribution in [3.05, 3.63) is 59.5 Å². The van der Waals surface area contributed by atoms with Crippen molar-refractivity contribution in [3.8, 4) is 0 Å². The molecule has 1 N–H and O–H groups in total. The number of rotatable bonds is 5. The van der Waals surface area contributed by atoms with Crippen LogP contribution >= 0.6 is 11.3 Å². The van der Waals surface area contributed by atoms with E-state index in [0.29, 0.717) is 10.8 Å². The number of hydrogen-bond donors (Lipinski definition) is 1. The zero-order valence-electron chi connectivity index (χ0n) is 15.6. The second-order valence-electron chi connectivity index (χ2n) is 7.23. The molecule has 0 atom stereocenters. The number of anilines is 1. The van der Waals surface area contributed by atoms with Gasteiger partial charge in [-0.15, -0.1) is 11.3 Å². The smallest absolute Gasteiger partial charge is 0.268 e. The maximum atomic E-state index is 12.9. The minimum atomic E-state index is -0.0982. The van der Waals surface area contributed by atoms with Crippen LogP contribution < -0.4 is 5.32 Å². The zero-order chi connectivity index (χ0) is 18.9. The number of nitrogens with zero attached hydrogens (tertiary/aromatic N) is 3. The molecule has 3 heterocycles. The number of carbonyl (C=O) groups excluding carboxylic acids is 1. The van der Waals surface area contributed by atoms with Gasteiger partial charge < -0.3 is 9.47 Å². The van der Waals surface area contributed by atoms with Crippen LogP contribution in [0.1, 0.15) is 22.5 Å². The Balaban J connectivity index is 1.43. The van der Waals surface area contributed by atoms with E-state index in [1.165, 1.54) is 24.2 Å². The Hall–Kier alpha value is -2.70. The number of likely N-dealkylation sites (tertiary alicyclic amines) is 1. The Bertz CT molecular complexity index is 1110. The van der Waals surface area contributed by atoms with E-state index in [-0.39, 0.29) is 5.91 Å². The van der Waals surface area contributed by atoms with Crippen LogP contribution in [0.3, 0.4) is 0 Å². The van der Waals surface area contributed by atoms with E-state index in [4.69, 9.17) is 4.98 Å². The van der Waals surface area contributed by atoms with Crippen LogP contribution in [0.25, 0.3) is 21.1 Å². The predicted molar refractivity (Wildman–Crippen MR) is 115 cm³/mol. The average molecular weight is 391 g/mol. The van der Waals surface area contributed by atoms with Crippen LogP contribution in [0.5, 0.6) is 0 Å². The van der Waals surface area contributed by atoms with Gasteiger partial charge in [-0.2, -0.15) is 0 Å². The van der Waals surface area contributed by atoms with Crippen molar-refractivity contribution in [3.63, 3.8) is 0 Å². The molecule has 0 saturated carbocycles. The minimum Gasteiger partial charge on any atom is -0.309 e. The highest BCUT2D eigenvalue weighted by atomic mass is 32.1. The van der Waals surface area contributed by atoms with Crippen LogP contribution in [0.4, 0.5) is 5.95 Å². The van der Waals surface area contributed by atoms with Gasteiger partial charge in [-0.25, -0.2) is 4.98 Å². The number of nitrogens with one attached hydrogen (secondary N) is 1. The number of amides is 1. The van der Waals surface area contributed by atoms with Crippen LogP contribution in [0, 0.1) is 0 Å². The molecule has 0 bridgehead atoms. The molecular weight excluding hydrogens is 368 g/mol. The molecule has 5 nitrogen and oxygen atoms in total. The largest absolute Gasteiger partial charge is 0.309 e. The first kappa shape index (κ1) is 17.4. The summed E-state index contributed by atoms with van der Waals surface area (Å²) in [6, 6.07) is 18.1. The predicted octanol–water partition coefficient (Wildman–Crippen LogP) is 4.60. The van der Waals surface area contributed by atoms with Gasteiger partial charge in [0.05, 0.1) is 15.9 Å². The van der Waals surface area contributed by atoms with Crippen molar-refractivity contribution in [2.24, 2.45) is 0 Å². The number of thiophene rings is 1. The lowest BCUT2D eigenvalue weighted by atomic mass is 10.2. The molecule has 2 aromatic carbocycles. The summed E-state index contributed by atoms with van der Waals surface area (Å²) in [7, 11) is 0. The highest BCUT2D eigenvalue weighted by Crippen LogP contribution is 2.27. The summed E-state index contributed by atoms with van der Waals surface area (Å²) in [6.07, 6.45) is 2.56. The fourth-order valence-corrected chi connectivity index (χ4v) is 4.86. The van der Waals surface area contributed by atoms with Gasteiger partial charge in [0.25, 0.3) is 5.91 Å². The number of aromatic nitrogens is 2. The molecule has 1 fully saturated rings. The number of imidazole rings is 1. The highest BCUT2D eigenvalue weighted by Gasteiger charge is 2.18. The molecule has 6 heteroatoms. The molecule has 0 aliphatic carbocycles. The molecular formula is C22H22N4OS. The SMILES string of the molecule is O=C(Nc1nc2ccccc2n1CCN1CCCC1)c1cc2ccccc2s1. The number of para-hydroxylation sites is 2. The monoisotopic (exact) mass is 390 g/mol. The molecule has 2 aromatic heterocycles. The summed E-state index contributed by atoms with van der Waals surface area (Å²) in [5, 5.41) is 4.15. The van der Waals surface area contributed by atoms with Gasteiger partial charge >= 0.3 is 0 Å². The topological polar surface area (TPSA) is 50.2 Å². The first-order chi connectivity index (χ1) is 13.8. The fraction of sp³-hybridized carbons (Fsp3) is 0.273. The molecule has 28 heavy (non-hydrogen) atoms. The Morgan fingerprint density at radius 3 is 2.68 bits per heavy atom. The molecule has 1 aliphatic heterocycles. The third kappa shape index (κ3) is 3.30. The molecule has 0 radical (unpaired) electrons. The Morgan fingerprint density at radius 2 is 1.82 bits per heavy atom. The molecule has 0 spiro atoms. The quantitative estimate of drug-likeness (QED) is 0.542. The Morgan fingerprint density at radius 1 is 1.04 bits per heavy atom. The normalized spacial score (nSPS) is 14.9. The molecule has 1 saturated heterocycles. The van der Waals surface area contributed by atoms with Crippen LogP contribution in [-0.2, 0) is 6.54 Å². The molecule has 4 aromatic rings. The lowest BCUT2D eigenvalue weighted by molar-refractivity contribution is 0.102. The molecule has 1 amide bonds. The van der Waals surface area contributed by atoms with Crippen LogP contribution in [-0.4, -0.2) is 40.0 Å². The second-order valence-corrected chi connectivity index (χ2v) is 8.31. The van der Waals surface area contributed by atoms with Gasteiger partial charge in [0.2, 0.25) is 5.95 Å². The van der Waals surface area contributed by atoms with Gasteiger partial charge in [-0.3, -0.25) is 10.1 Å². The molecule has 0 unspecified atom stereocenters. The highest BCUT2D eigenvalue weighted by molar-refractivity contribution is 7.20. The first-order valence-corrected chi connectivity index (χ1v) is 10.6. The second kappa shape index (κ2) is 7.37. The van der Waals surface area contributed by atoms with E-state index in [1.807, 2.05) is 48.5 Å². The summed E-state index contributed by atoms with van der Waals surface area (Å²) in [5.74, 6) is 0.529. The minimum absolute atomic E-state index is 0.0982. The summed E-state index contributed by atoms with van der Waals surface area (Å²) in [5.41, 5.74) is 1.98. The zero-order valence-corrected chi connectivity index (χ0v) is 16.4. The van der Waals surface area contributed by atoms with E-state index in [1.54, 1.807) is 0 Å². The summed E-state index contributed by atoms with van der Waals surface area (Å²) in [4.78, 5) is 20.8. The third-order valence-electron chi connectivity index (χ3n) is 5.37. The van der Waals surface area contributed by atoms with Crippen molar-refractivity contribution in [1.29, 1.82) is 0 Å². The Labute approximate surface area is 167 Å². The first-order valence-electron chi connectivity index (χ1n) is 9.75. The van der Waals surface area contributed by atoms with Crippen LogP contribution in [0.2, 0.25) is 0 Å². The van der Waals surface area contributed by atoms with Gasteiger partial charge in [-0.1, -0.05) is 30.3 Å². The van der Waals surface area contributed by atoms with Crippen molar-refractivity contribution in [2.45, 2.75) is 19.4 Å². The third-order valence-corrected chi connectivity index (χ3v) is 6.48. The van der Waals surface area contributed by atoms with E-state index < -0.39 is 0 Å². The van der Waals surface area contributed by atoms with E-state index in [2.05, 4.69) is 20.9 Å². The summed E-state index contributed by atoms with van der Waals surface area (Å²) >= 11 is 1.51. The molecule has 142 valence electrons. The lowest BCUT2D eigenvalue weighted by Gasteiger charge is -2.16. The standard InChI is InChI=1S/C22H22N4OS/c27-21(20-15-16-7-1-4-10-19(16)28-20)24-22-23-17-8-2-3-9-18(17)26(22)14-13-25-11-5-6-12-25/h1-4,7-10,15H,5-6,11-14H2,(H,23,24,27). The summed E-state index contributed by atoms with van der Waals surface area (Å²) < 4.78 is 3.26. The van der Waals surface area contributed by atoms with Crippen LogP contribution in [0.15, 0.2) is 54.6 Å². The van der Waals surface area contributed by atoms with Gasteiger partial charge in [0.15, 0.2) is 0 Å². The average Bonchev–Trinajstić information content (AvgIpc) is 3.44. The van der Waals surface area contributed by atoms with Gasteiger partial charge in [0.1, 0.15) is 0 Å². The maximum Gasteiger partial charge on any atom is 0.268 e. The van der Waals surface area contributed by atoms with Crippen molar-refractivity contribution < 1.29 is 4.79 Å². The fourth-order valence-electron chi connectivity index (χ4n) is 3.90. The van der Waals surface area contributed by atoms with E-state index in [9.17, 15) is 4.79 Å². The number of carbonyl (C=O) groups is 1. The Kier molecular flexibility index (Phi) is 4.58. The van der Waals surface area contributed by atoms with Gasteiger partial charge in [0, 0.05) is 17.8 Å². The van der Waals surface area contributed by atoms with Gasteiger partial charge in [-0.05, 0) is 55.6 Å². The number of benzene rings is 2. The summed E-state index contributed by atoms with van der Waals surface area (Å²) in [6.45, 7) is 4.13. The number of hydrogen-bond acceptors (Lipinski definition) is 4. The maximum absolute atomic E-state index is 12.9. The van der Waals surface area contributed by atoms with E-state index in [0.717, 1.165) is 47.3 Å². The van der Waals surface area contributed by atoms with Crippen molar-refractivity contribution in [1.82, 2.24) is 14.5 Å².